The Bertz CT molecular complexity index is 708. The van der Waals surface area contributed by atoms with Crippen LogP contribution in [-0.4, -0.2) is 48.7 Å². The first-order valence-electron chi connectivity index (χ1n) is 8.84. The third kappa shape index (κ3) is 2.83. The highest BCUT2D eigenvalue weighted by Crippen LogP contribution is 2.59. The number of rotatable bonds is 3. The van der Waals surface area contributed by atoms with Crippen molar-refractivity contribution in [3.05, 3.63) is 23.8 Å². The van der Waals surface area contributed by atoms with Gasteiger partial charge in [-0.25, -0.2) is 0 Å². The number of methoxy groups -OCH3 is 1. The molecule has 25 heavy (non-hydrogen) atoms. The summed E-state index contributed by atoms with van der Waals surface area (Å²) in [7, 11) is 1.62. The number of hydrogen-bond acceptors (Lipinski definition) is 4. The first-order chi connectivity index (χ1) is 12.0. The number of amides is 1. The molecule has 1 aromatic carbocycles. The fourth-order valence-corrected chi connectivity index (χ4v) is 4.34. The molecule has 2 atom stereocenters. The molecule has 1 aromatic rings. The topological polar surface area (TPSA) is 76.1 Å². The molecule has 2 heterocycles. The van der Waals surface area contributed by atoms with E-state index in [1.165, 1.54) is 0 Å². The second kappa shape index (κ2) is 5.93. The van der Waals surface area contributed by atoms with Crippen LogP contribution in [0.3, 0.4) is 0 Å². The minimum atomic E-state index is -0.689. The van der Waals surface area contributed by atoms with Crippen molar-refractivity contribution in [3.63, 3.8) is 0 Å². The summed E-state index contributed by atoms with van der Waals surface area (Å²) in [6.45, 7) is 1.71. The van der Waals surface area contributed by atoms with Gasteiger partial charge in [-0.3, -0.25) is 9.59 Å². The largest absolute Gasteiger partial charge is 0.497 e. The van der Waals surface area contributed by atoms with Gasteiger partial charge in [-0.15, -0.1) is 0 Å². The third-order valence-electron chi connectivity index (χ3n) is 6.08. The van der Waals surface area contributed by atoms with E-state index in [0.717, 1.165) is 36.3 Å². The van der Waals surface area contributed by atoms with Gasteiger partial charge in [-0.2, -0.15) is 0 Å². The van der Waals surface area contributed by atoms with Crippen molar-refractivity contribution in [3.8, 4) is 11.5 Å². The fourth-order valence-electron chi connectivity index (χ4n) is 4.34. The monoisotopic (exact) mass is 345 g/mol. The van der Waals surface area contributed by atoms with Crippen molar-refractivity contribution in [1.82, 2.24) is 4.90 Å². The molecule has 0 bridgehead atoms. The average molecular weight is 345 g/mol. The highest BCUT2D eigenvalue weighted by molar-refractivity contribution is 5.80. The number of likely N-dealkylation sites (tertiary alicyclic amines) is 1. The second-order valence-electron chi connectivity index (χ2n) is 7.47. The molecule has 1 N–H and O–H groups in total. The van der Waals surface area contributed by atoms with Crippen molar-refractivity contribution in [1.29, 1.82) is 0 Å². The lowest BCUT2D eigenvalue weighted by molar-refractivity contribution is -0.140. The predicted molar refractivity (Wildman–Crippen MR) is 89.7 cm³/mol. The van der Waals surface area contributed by atoms with E-state index in [1.807, 2.05) is 23.1 Å². The summed E-state index contributed by atoms with van der Waals surface area (Å²) in [5.41, 5.74) is 0.955. The van der Waals surface area contributed by atoms with Crippen molar-refractivity contribution >= 4 is 11.9 Å². The molecule has 2 fully saturated rings. The number of carboxylic acid groups (broad SMARTS) is 1. The van der Waals surface area contributed by atoms with E-state index in [9.17, 15) is 14.7 Å². The first kappa shape index (κ1) is 16.2. The van der Waals surface area contributed by atoms with Gasteiger partial charge in [0.1, 0.15) is 18.1 Å². The first-order valence-corrected chi connectivity index (χ1v) is 8.84. The molecule has 0 aromatic heterocycles. The lowest BCUT2D eigenvalue weighted by atomic mass is 9.89. The smallest absolute Gasteiger partial charge is 0.307 e. The highest BCUT2D eigenvalue weighted by Gasteiger charge is 2.59. The van der Waals surface area contributed by atoms with Gasteiger partial charge in [0.15, 0.2) is 0 Å². The Morgan fingerprint density at radius 1 is 1.32 bits per heavy atom. The fraction of sp³-hybridized carbons (Fsp3) is 0.579. The van der Waals surface area contributed by atoms with E-state index in [0.29, 0.717) is 26.1 Å². The van der Waals surface area contributed by atoms with Gasteiger partial charge in [0.05, 0.1) is 18.9 Å². The van der Waals surface area contributed by atoms with Crippen LogP contribution in [0.5, 0.6) is 11.5 Å². The highest BCUT2D eigenvalue weighted by atomic mass is 16.5. The van der Waals surface area contributed by atoms with Crippen molar-refractivity contribution in [2.75, 3.05) is 26.8 Å². The van der Waals surface area contributed by atoms with E-state index >= 15 is 0 Å². The van der Waals surface area contributed by atoms with Crippen LogP contribution in [0.1, 0.15) is 24.8 Å². The van der Waals surface area contributed by atoms with Crippen LogP contribution in [0.25, 0.3) is 0 Å². The van der Waals surface area contributed by atoms with Crippen LogP contribution in [0.2, 0.25) is 0 Å². The van der Waals surface area contributed by atoms with E-state index in [4.69, 9.17) is 9.47 Å². The van der Waals surface area contributed by atoms with Gasteiger partial charge in [0.2, 0.25) is 5.91 Å². The molecule has 1 saturated carbocycles. The van der Waals surface area contributed by atoms with E-state index in [-0.39, 0.29) is 23.2 Å². The standard InChI is InChI=1S/C19H23NO5/c1-24-14-2-3-16-12(9-14)8-13(11-25-16)17(21)20-6-4-19(5-7-20)10-15(19)18(22)23/h2-3,9,13,15H,4-8,10-11H2,1H3,(H,22,23). The second-order valence-corrected chi connectivity index (χ2v) is 7.47. The maximum atomic E-state index is 12.9. The summed E-state index contributed by atoms with van der Waals surface area (Å²) < 4.78 is 11.0. The lowest BCUT2D eigenvalue weighted by Crippen LogP contribution is -2.45. The summed E-state index contributed by atoms with van der Waals surface area (Å²) in [5, 5.41) is 9.18. The molecule has 0 radical (unpaired) electrons. The summed E-state index contributed by atoms with van der Waals surface area (Å²) >= 11 is 0. The van der Waals surface area contributed by atoms with Gasteiger partial charge in [-0.05, 0) is 54.9 Å². The Hall–Kier alpha value is -2.24. The minimum Gasteiger partial charge on any atom is -0.497 e. The molecule has 1 aliphatic carbocycles. The summed E-state index contributed by atoms with van der Waals surface area (Å²) in [4.78, 5) is 25.9. The Balaban J connectivity index is 1.38. The summed E-state index contributed by atoms with van der Waals surface area (Å²) in [6.07, 6.45) is 3.02. The number of aliphatic carboxylic acids is 1. The van der Waals surface area contributed by atoms with Crippen molar-refractivity contribution in [2.24, 2.45) is 17.3 Å². The molecule has 6 heteroatoms. The Morgan fingerprint density at radius 3 is 2.72 bits per heavy atom. The number of carbonyl (C=O) groups is 2. The number of fused-ring (bicyclic) bond motifs is 1. The number of carbonyl (C=O) groups excluding carboxylic acids is 1. The number of ether oxygens (including phenoxy) is 2. The quantitative estimate of drug-likeness (QED) is 0.906. The summed E-state index contributed by atoms with van der Waals surface area (Å²) in [6, 6.07) is 5.68. The zero-order valence-electron chi connectivity index (χ0n) is 14.4. The number of nitrogens with zero attached hydrogens (tertiary/aromatic N) is 1. The van der Waals surface area contributed by atoms with Crippen molar-refractivity contribution in [2.45, 2.75) is 25.7 Å². The molecule has 2 aliphatic heterocycles. The van der Waals surface area contributed by atoms with Crippen LogP contribution in [0.15, 0.2) is 18.2 Å². The molecular weight excluding hydrogens is 322 g/mol. The van der Waals surface area contributed by atoms with Gasteiger partial charge in [0.25, 0.3) is 0 Å². The molecule has 6 nitrogen and oxygen atoms in total. The van der Waals surface area contributed by atoms with Crippen LogP contribution in [0.4, 0.5) is 0 Å². The molecule has 134 valence electrons. The van der Waals surface area contributed by atoms with Crippen LogP contribution >= 0.6 is 0 Å². The third-order valence-corrected chi connectivity index (χ3v) is 6.08. The Labute approximate surface area is 146 Å². The molecular formula is C19H23NO5. The zero-order chi connectivity index (χ0) is 17.6. The van der Waals surface area contributed by atoms with Gasteiger partial charge >= 0.3 is 5.97 Å². The molecule has 1 spiro atoms. The maximum Gasteiger partial charge on any atom is 0.307 e. The van der Waals surface area contributed by atoms with Crippen LogP contribution in [0, 0.1) is 17.3 Å². The van der Waals surface area contributed by atoms with Gasteiger partial charge < -0.3 is 19.5 Å². The number of carboxylic acids is 1. The SMILES string of the molecule is COc1ccc2c(c1)CC(C(=O)N1CCC3(CC1)CC3C(=O)O)CO2. The number of hydrogen-bond donors (Lipinski definition) is 1. The van der Waals surface area contributed by atoms with E-state index in [1.54, 1.807) is 7.11 Å². The Kier molecular flexibility index (Phi) is 3.85. The minimum absolute atomic E-state index is 0.0500. The van der Waals surface area contributed by atoms with Gasteiger partial charge in [-0.1, -0.05) is 0 Å². The van der Waals surface area contributed by atoms with Crippen LogP contribution in [-0.2, 0) is 16.0 Å². The van der Waals surface area contributed by atoms with E-state index in [2.05, 4.69) is 0 Å². The average Bonchev–Trinajstić information content (AvgIpc) is 3.34. The Morgan fingerprint density at radius 2 is 2.08 bits per heavy atom. The number of benzene rings is 1. The lowest BCUT2D eigenvalue weighted by Gasteiger charge is -2.36. The summed E-state index contributed by atoms with van der Waals surface area (Å²) in [5.74, 6) is 0.639. The van der Waals surface area contributed by atoms with Crippen LogP contribution < -0.4 is 9.47 Å². The zero-order valence-corrected chi connectivity index (χ0v) is 14.4. The number of piperidine rings is 1. The van der Waals surface area contributed by atoms with Crippen molar-refractivity contribution < 1.29 is 24.2 Å². The van der Waals surface area contributed by atoms with E-state index < -0.39 is 5.97 Å². The molecule has 1 saturated heterocycles. The normalized spacial score (nSPS) is 26.5. The molecule has 3 aliphatic rings. The molecule has 1 amide bonds. The predicted octanol–water partition coefficient (Wildman–Crippen LogP) is 1.96. The van der Waals surface area contributed by atoms with Gasteiger partial charge in [0, 0.05) is 13.1 Å². The molecule has 4 rings (SSSR count). The maximum absolute atomic E-state index is 12.9. The molecule has 2 unspecified atom stereocenters.